The van der Waals surface area contributed by atoms with E-state index in [1.54, 1.807) is 0 Å². The summed E-state index contributed by atoms with van der Waals surface area (Å²) < 4.78 is 2.23. The zero-order valence-corrected chi connectivity index (χ0v) is 12.3. The summed E-state index contributed by atoms with van der Waals surface area (Å²) in [5, 5.41) is 0. The van der Waals surface area contributed by atoms with Crippen LogP contribution in [0, 0.1) is 0 Å². The van der Waals surface area contributed by atoms with Crippen LogP contribution in [0.5, 0.6) is 0 Å². The van der Waals surface area contributed by atoms with Crippen molar-refractivity contribution in [3.8, 4) is 0 Å². The van der Waals surface area contributed by atoms with E-state index in [2.05, 4.69) is 50.6 Å². The van der Waals surface area contributed by atoms with Crippen LogP contribution < -0.4 is 5.73 Å². The molecule has 3 rings (SSSR count). The van der Waals surface area contributed by atoms with Gasteiger partial charge in [-0.1, -0.05) is 26.8 Å². The van der Waals surface area contributed by atoms with Gasteiger partial charge in [0.25, 0.3) is 0 Å². The van der Waals surface area contributed by atoms with Crippen molar-refractivity contribution < 1.29 is 0 Å². The predicted octanol–water partition coefficient (Wildman–Crippen LogP) is 3.08. The Morgan fingerprint density at radius 2 is 1.95 bits per heavy atom. The van der Waals surface area contributed by atoms with Crippen LogP contribution in [0.4, 0.5) is 0 Å². The molecule has 1 aromatic carbocycles. The van der Waals surface area contributed by atoms with Crippen molar-refractivity contribution in [1.82, 2.24) is 9.55 Å². The molecule has 1 aliphatic rings. The summed E-state index contributed by atoms with van der Waals surface area (Å²) >= 11 is 0. The fourth-order valence-corrected chi connectivity index (χ4v) is 3.07. The minimum absolute atomic E-state index is 0.0761. The Morgan fingerprint density at radius 1 is 1.26 bits per heavy atom. The lowest BCUT2D eigenvalue weighted by Crippen LogP contribution is -2.34. The molecule has 0 saturated heterocycles. The molecule has 1 heterocycles. The monoisotopic (exact) mass is 257 g/mol. The quantitative estimate of drug-likeness (QED) is 0.853. The second-order valence-electron chi connectivity index (χ2n) is 6.92. The SMILES string of the molecule is Cn1c(C(C)(C)C)nc2ccc(C3CC(N)C3)cc21. The zero-order valence-electron chi connectivity index (χ0n) is 12.3. The van der Waals surface area contributed by atoms with Crippen molar-refractivity contribution in [2.45, 2.75) is 51.0 Å². The molecule has 1 fully saturated rings. The van der Waals surface area contributed by atoms with E-state index in [0.717, 1.165) is 24.2 Å². The van der Waals surface area contributed by atoms with Crippen LogP contribution in [0.15, 0.2) is 18.2 Å². The molecule has 19 heavy (non-hydrogen) atoms. The zero-order chi connectivity index (χ0) is 13.8. The number of hydrogen-bond donors (Lipinski definition) is 1. The Labute approximate surface area is 114 Å². The molecule has 3 nitrogen and oxygen atoms in total. The maximum atomic E-state index is 5.89. The summed E-state index contributed by atoms with van der Waals surface area (Å²) in [6.45, 7) is 6.63. The third-order valence-corrected chi connectivity index (χ3v) is 4.22. The maximum Gasteiger partial charge on any atom is 0.115 e. The number of rotatable bonds is 1. The van der Waals surface area contributed by atoms with Gasteiger partial charge < -0.3 is 10.3 Å². The van der Waals surface area contributed by atoms with Crippen molar-refractivity contribution in [2.24, 2.45) is 12.8 Å². The average Bonchev–Trinajstić information content (AvgIpc) is 2.62. The third kappa shape index (κ3) is 2.06. The lowest BCUT2D eigenvalue weighted by atomic mass is 9.76. The predicted molar refractivity (Wildman–Crippen MR) is 79.4 cm³/mol. The van der Waals surface area contributed by atoms with E-state index < -0.39 is 0 Å². The lowest BCUT2D eigenvalue weighted by Gasteiger charge is -2.32. The minimum Gasteiger partial charge on any atom is -0.331 e. The van der Waals surface area contributed by atoms with E-state index in [1.165, 1.54) is 11.1 Å². The first-order valence-electron chi connectivity index (χ1n) is 7.08. The number of hydrogen-bond acceptors (Lipinski definition) is 2. The van der Waals surface area contributed by atoms with Crippen LogP contribution in [0.3, 0.4) is 0 Å². The van der Waals surface area contributed by atoms with Crippen molar-refractivity contribution in [2.75, 3.05) is 0 Å². The van der Waals surface area contributed by atoms with Crippen molar-refractivity contribution in [3.63, 3.8) is 0 Å². The van der Waals surface area contributed by atoms with Gasteiger partial charge in [-0.15, -0.1) is 0 Å². The van der Waals surface area contributed by atoms with E-state index >= 15 is 0 Å². The summed E-state index contributed by atoms with van der Waals surface area (Å²) in [6.07, 6.45) is 2.24. The highest BCUT2D eigenvalue weighted by Gasteiger charge is 2.28. The van der Waals surface area contributed by atoms with Crippen LogP contribution in [-0.4, -0.2) is 15.6 Å². The molecular formula is C16H23N3. The number of nitrogens with two attached hydrogens (primary N) is 1. The second kappa shape index (κ2) is 4.07. The van der Waals surface area contributed by atoms with Gasteiger partial charge in [-0.2, -0.15) is 0 Å². The Hall–Kier alpha value is -1.35. The van der Waals surface area contributed by atoms with Crippen LogP contribution >= 0.6 is 0 Å². The molecule has 1 aliphatic carbocycles. The number of aryl methyl sites for hydroxylation is 1. The summed E-state index contributed by atoms with van der Waals surface area (Å²) in [6, 6.07) is 7.08. The van der Waals surface area contributed by atoms with E-state index in [4.69, 9.17) is 10.7 Å². The van der Waals surface area contributed by atoms with Gasteiger partial charge in [-0.3, -0.25) is 0 Å². The normalized spacial score (nSPS) is 23.6. The highest BCUT2D eigenvalue weighted by molar-refractivity contribution is 5.77. The number of fused-ring (bicyclic) bond motifs is 1. The van der Waals surface area contributed by atoms with Gasteiger partial charge in [0, 0.05) is 18.5 Å². The molecule has 3 heteroatoms. The molecule has 1 aromatic heterocycles. The Bertz CT molecular complexity index is 613. The summed E-state index contributed by atoms with van der Waals surface area (Å²) in [4.78, 5) is 4.78. The molecule has 0 aliphatic heterocycles. The minimum atomic E-state index is 0.0761. The van der Waals surface area contributed by atoms with Crippen LogP contribution in [0.25, 0.3) is 11.0 Å². The molecule has 1 saturated carbocycles. The highest BCUT2D eigenvalue weighted by atomic mass is 15.1. The first-order chi connectivity index (χ1) is 8.86. The molecule has 0 atom stereocenters. The van der Waals surface area contributed by atoms with Gasteiger partial charge in [0.05, 0.1) is 11.0 Å². The standard InChI is InChI=1S/C16H23N3/c1-16(2,3)15-18-13-6-5-10(9-14(13)19(15)4)11-7-12(17)8-11/h5-6,9,11-12H,7-8,17H2,1-4H3. The Morgan fingerprint density at radius 3 is 2.53 bits per heavy atom. The number of nitrogens with zero attached hydrogens (tertiary/aromatic N) is 2. The number of aromatic nitrogens is 2. The summed E-state index contributed by atoms with van der Waals surface area (Å²) in [5.74, 6) is 1.79. The van der Waals surface area contributed by atoms with Gasteiger partial charge in [-0.05, 0) is 36.5 Å². The van der Waals surface area contributed by atoms with Gasteiger partial charge in [-0.25, -0.2) is 4.98 Å². The van der Waals surface area contributed by atoms with E-state index in [9.17, 15) is 0 Å². The summed E-state index contributed by atoms with van der Waals surface area (Å²) in [7, 11) is 2.12. The smallest absolute Gasteiger partial charge is 0.115 e. The first-order valence-corrected chi connectivity index (χ1v) is 7.08. The highest BCUT2D eigenvalue weighted by Crippen LogP contribution is 2.37. The van der Waals surface area contributed by atoms with Gasteiger partial charge in [0.2, 0.25) is 0 Å². The Balaban J connectivity index is 2.05. The maximum absolute atomic E-state index is 5.89. The largest absolute Gasteiger partial charge is 0.331 e. The van der Waals surface area contributed by atoms with Crippen molar-refractivity contribution in [3.05, 3.63) is 29.6 Å². The van der Waals surface area contributed by atoms with Gasteiger partial charge in [0.1, 0.15) is 5.82 Å². The van der Waals surface area contributed by atoms with Crippen LogP contribution in [0.1, 0.15) is 50.9 Å². The second-order valence-corrected chi connectivity index (χ2v) is 6.92. The fraction of sp³-hybridized carbons (Fsp3) is 0.562. The van der Waals surface area contributed by atoms with Crippen LogP contribution in [-0.2, 0) is 12.5 Å². The van der Waals surface area contributed by atoms with E-state index in [1.807, 2.05) is 0 Å². The van der Waals surface area contributed by atoms with Crippen molar-refractivity contribution in [1.29, 1.82) is 0 Å². The first kappa shape index (κ1) is 12.7. The Kier molecular flexibility index (Phi) is 2.72. The van der Waals surface area contributed by atoms with Gasteiger partial charge >= 0.3 is 0 Å². The van der Waals surface area contributed by atoms with Crippen molar-refractivity contribution >= 4 is 11.0 Å². The molecular weight excluding hydrogens is 234 g/mol. The molecule has 0 amide bonds. The van der Waals surface area contributed by atoms with Gasteiger partial charge in [0.15, 0.2) is 0 Å². The molecule has 0 radical (unpaired) electrons. The molecule has 0 spiro atoms. The number of imidazole rings is 1. The topological polar surface area (TPSA) is 43.8 Å². The molecule has 2 N–H and O–H groups in total. The van der Waals surface area contributed by atoms with E-state index in [0.29, 0.717) is 12.0 Å². The number of benzene rings is 1. The molecule has 102 valence electrons. The summed E-state index contributed by atoms with van der Waals surface area (Å²) in [5.41, 5.74) is 9.72. The third-order valence-electron chi connectivity index (χ3n) is 4.22. The van der Waals surface area contributed by atoms with E-state index in [-0.39, 0.29) is 5.41 Å². The molecule has 0 unspecified atom stereocenters. The van der Waals surface area contributed by atoms with Crippen LogP contribution in [0.2, 0.25) is 0 Å². The molecule has 0 bridgehead atoms. The average molecular weight is 257 g/mol. The lowest BCUT2D eigenvalue weighted by molar-refractivity contribution is 0.351. The molecule has 2 aromatic rings. The fourth-order valence-electron chi connectivity index (χ4n) is 3.07.